The summed E-state index contributed by atoms with van der Waals surface area (Å²) in [6, 6.07) is 6.84. The molecule has 0 bridgehead atoms. The molecule has 1 unspecified atom stereocenters. The van der Waals surface area contributed by atoms with Gasteiger partial charge in [-0.15, -0.1) is 0 Å². The number of nitrogens with one attached hydrogen (secondary N) is 1. The molecule has 0 amide bonds. The molecule has 0 radical (unpaired) electrons. The van der Waals surface area contributed by atoms with Crippen LogP contribution in [0, 0.1) is 11.3 Å². The second-order valence-corrected chi connectivity index (χ2v) is 5.10. The highest BCUT2D eigenvalue weighted by molar-refractivity contribution is 5.93. The third kappa shape index (κ3) is 2.86. The number of esters is 1. The Balaban J connectivity index is 2.75. The zero-order chi connectivity index (χ0) is 17.9. The second kappa shape index (κ2) is 6.96. The summed E-state index contributed by atoms with van der Waals surface area (Å²) in [5.41, 5.74) is 6.95. The summed E-state index contributed by atoms with van der Waals surface area (Å²) in [7, 11) is 1.68. The summed E-state index contributed by atoms with van der Waals surface area (Å²) in [6.45, 7) is 3.42. The molecule has 0 saturated carbocycles. The lowest BCUT2D eigenvalue weighted by Gasteiger charge is -2.28. The van der Waals surface area contributed by atoms with E-state index in [1.54, 1.807) is 33.0 Å². The first kappa shape index (κ1) is 17.2. The van der Waals surface area contributed by atoms with Crippen LogP contribution >= 0.6 is 0 Å². The third-order valence-corrected chi connectivity index (χ3v) is 3.74. The SMILES string of the molecule is CCOC(=O)C1=C(C)OC(N)=C(C#N)C1c1c(O)cccc1NC. The molecule has 24 heavy (non-hydrogen) atoms. The van der Waals surface area contributed by atoms with Gasteiger partial charge in [0.05, 0.1) is 18.1 Å². The topological polar surface area (TPSA) is 118 Å². The van der Waals surface area contributed by atoms with Gasteiger partial charge in [-0.2, -0.15) is 5.26 Å². The molecule has 1 aliphatic rings. The van der Waals surface area contributed by atoms with Gasteiger partial charge in [-0.1, -0.05) is 6.07 Å². The molecule has 2 rings (SSSR count). The Kier molecular flexibility index (Phi) is 4.99. The van der Waals surface area contributed by atoms with Crippen molar-refractivity contribution in [1.29, 1.82) is 5.26 Å². The first-order valence-electron chi connectivity index (χ1n) is 7.41. The van der Waals surface area contributed by atoms with Crippen LogP contribution < -0.4 is 11.1 Å². The van der Waals surface area contributed by atoms with Crippen molar-refractivity contribution in [2.45, 2.75) is 19.8 Å². The summed E-state index contributed by atoms with van der Waals surface area (Å²) in [5, 5.41) is 22.8. The number of phenols is 1. The van der Waals surface area contributed by atoms with Crippen LogP contribution in [0.15, 0.2) is 41.0 Å². The number of aromatic hydroxyl groups is 1. The van der Waals surface area contributed by atoms with Crippen molar-refractivity contribution >= 4 is 11.7 Å². The fraction of sp³-hybridized carbons (Fsp3) is 0.294. The molecule has 1 aromatic carbocycles. The number of nitriles is 1. The van der Waals surface area contributed by atoms with Crippen LogP contribution in [0.1, 0.15) is 25.3 Å². The first-order valence-corrected chi connectivity index (χ1v) is 7.41. The average molecular weight is 329 g/mol. The summed E-state index contributed by atoms with van der Waals surface area (Å²) in [4.78, 5) is 12.4. The van der Waals surface area contributed by atoms with Crippen molar-refractivity contribution < 1.29 is 19.4 Å². The molecule has 0 spiro atoms. The number of benzene rings is 1. The molecule has 0 fully saturated rings. The maximum Gasteiger partial charge on any atom is 0.338 e. The van der Waals surface area contributed by atoms with Gasteiger partial charge >= 0.3 is 5.97 Å². The van der Waals surface area contributed by atoms with Crippen LogP contribution in [0.25, 0.3) is 0 Å². The minimum Gasteiger partial charge on any atom is -0.508 e. The highest BCUT2D eigenvalue weighted by Gasteiger charge is 2.38. The highest BCUT2D eigenvalue weighted by Crippen LogP contribution is 2.45. The fourth-order valence-electron chi connectivity index (χ4n) is 2.72. The zero-order valence-corrected chi connectivity index (χ0v) is 13.7. The predicted molar refractivity (Wildman–Crippen MR) is 87.6 cm³/mol. The lowest BCUT2D eigenvalue weighted by molar-refractivity contribution is -0.139. The Labute approximate surface area is 140 Å². The van der Waals surface area contributed by atoms with Gasteiger partial charge in [0.15, 0.2) is 0 Å². The van der Waals surface area contributed by atoms with Crippen LogP contribution in [-0.2, 0) is 14.3 Å². The number of allylic oxidation sites excluding steroid dienone is 2. The third-order valence-electron chi connectivity index (χ3n) is 3.74. The van der Waals surface area contributed by atoms with E-state index in [-0.39, 0.29) is 35.1 Å². The van der Waals surface area contributed by atoms with E-state index in [0.29, 0.717) is 11.3 Å². The number of phenolic OH excluding ortho intramolecular Hbond substituents is 1. The quantitative estimate of drug-likeness (QED) is 0.724. The van der Waals surface area contributed by atoms with E-state index in [4.69, 9.17) is 15.2 Å². The number of ether oxygens (including phenoxy) is 2. The van der Waals surface area contributed by atoms with Gasteiger partial charge in [0.1, 0.15) is 23.2 Å². The molecule has 7 heteroatoms. The first-order chi connectivity index (χ1) is 11.5. The normalized spacial score (nSPS) is 17.2. The highest BCUT2D eigenvalue weighted by atomic mass is 16.5. The number of anilines is 1. The summed E-state index contributed by atoms with van der Waals surface area (Å²) < 4.78 is 10.4. The number of nitrogens with two attached hydrogens (primary N) is 1. The van der Waals surface area contributed by atoms with Crippen LogP contribution in [0.4, 0.5) is 5.69 Å². The van der Waals surface area contributed by atoms with E-state index in [1.165, 1.54) is 6.07 Å². The van der Waals surface area contributed by atoms with Crippen molar-refractivity contribution in [2.24, 2.45) is 5.73 Å². The number of carbonyl (C=O) groups is 1. The van der Waals surface area contributed by atoms with Crippen molar-refractivity contribution in [3.05, 3.63) is 46.6 Å². The number of nitrogens with zero attached hydrogens (tertiary/aromatic N) is 1. The van der Waals surface area contributed by atoms with Crippen LogP contribution in [-0.4, -0.2) is 24.7 Å². The van der Waals surface area contributed by atoms with Crippen LogP contribution in [0.3, 0.4) is 0 Å². The summed E-state index contributed by atoms with van der Waals surface area (Å²) >= 11 is 0. The minimum atomic E-state index is -0.883. The van der Waals surface area contributed by atoms with E-state index in [9.17, 15) is 15.2 Å². The largest absolute Gasteiger partial charge is 0.508 e. The number of hydrogen-bond acceptors (Lipinski definition) is 7. The molecule has 126 valence electrons. The molecular weight excluding hydrogens is 310 g/mol. The monoisotopic (exact) mass is 329 g/mol. The molecule has 1 aliphatic heterocycles. The molecular formula is C17H19N3O4. The average Bonchev–Trinajstić information content (AvgIpc) is 2.54. The van der Waals surface area contributed by atoms with Gasteiger partial charge < -0.3 is 25.6 Å². The second-order valence-electron chi connectivity index (χ2n) is 5.10. The minimum absolute atomic E-state index is 0.0432. The van der Waals surface area contributed by atoms with Gasteiger partial charge in [0.25, 0.3) is 0 Å². The lowest BCUT2D eigenvalue weighted by atomic mass is 9.81. The molecule has 1 aromatic rings. The standard InChI is InChI=1S/C17H19N3O4/c1-4-23-17(22)13-9(2)24-16(19)10(8-18)14(13)15-11(20-3)6-5-7-12(15)21/h5-7,14,20-21H,4,19H2,1-3H3. The van der Waals surface area contributed by atoms with E-state index in [0.717, 1.165) is 0 Å². The number of carbonyl (C=O) groups excluding carboxylic acids is 1. The van der Waals surface area contributed by atoms with E-state index in [1.807, 2.05) is 6.07 Å². The Morgan fingerprint density at radius 1 is 1.54 bits per heavy atom. The zero-order valence-electron chi connectivity index (χ0n) is 13.7. The maximum atomic E-state index is 12.4. The Bertz CT molecular complexity index is 775. The Morgan fingerprint density at radius 2 is 2.25 bits per heavy atom. The molecule has 7 nitrogen and oxygen atoms in total. The van der Waals surface area contributed by atoms with Crippen molar-refractivity contribution in [3.8, 4) is 11.8 Å². The molecule has 0 aliphatic carbocycles. The maximum absolute atomic E-state index is 12.4. The van der Waals surface area contributed by atoms with Crippen molar-refractivity contribution in [2.75, 3.05) is 19.0 Å². The molecule has 1 heterocycles. The Hall–Kier alpha value is -3.14. The van der Waals surface area contributed by atoms with Crippen LogP contribution in [0.2, 0.25) is 0 Å². The summed E-state index contributed by atoms with van der Waals surface area (Å²) in [6.07, 6.45) is 0. The molecule has 0 aromatic heterocycles. The van der Waals surface area contributed by atoms with E-state index in [2.05, 4.69) is 5.32 Å². The molecule has 4 N–H and O–H groups in total. The lowest BCUT2D eigenvalue weighted by Crippen LogP contribution is -2.26. The van der Waals surface area contributed by atoms with E-state index < -0.39 is 11.9 Å². The number of rotatable bonds is 4. The van der Waals surface area contributed by atoms with Gasteiger partial charge in [0.2, 0.25) is 5.88 Å². The molecule has 1 atom stereocenters. The van der Waals surface area contributed by atoms with E-state index >= 15 is 0 Å². The Morgan fingerprint density at radius 3 is 2.83 bits per heavy atom. The van der Waals surface area contributed by atoms with Crippen molar-refractivity contribution in [3.63, 3.8) is 0 Å². The van der Waals surface area contributed by atoms with Crippen LogP contribution in [0.5, 0.6) is 5.75 Å². The van der Waals surface area contributed by atoms with Gasteiger partial charge in [0, 0.05) is 18.3 Å². The molecule has 0 saturated heterocycles. The van der Waals surface area contributed by atoms with Gasteiger partial charge in [-0.3, -0.25) is 0 Å². The fourth-order valence-corrected chi connectivity index (χ4v) is 2.72. The van der Waals surface area contributed by atoms with Gasteiger partial charge in [-0.25, -0.2) is 4.79 Å². The summed E-state index contributed by atoms with van der Waals surface area (Å²) in [5.74, 6) is -1.43. The number of hydrogen-bond donors (Lipinski definition) is 3. The smallest absolute Gasteiger partial charge is 0.338 e. The predicted octanol–water partition coefficient (Wildman–Crippen LogP) is 2.08. The van der Waals surface area contributed by atoms with Crippen molar-refractivity contribution in [1.82, 2.24) is 0 Å². The van der Waals surface area contributed by atoms with Gasteiger partial charge in [-0.05, 0) is 26.0 Å².